The Hall–Kier alpha value is -2.97. The number of hydrogen-bond acceptors (Lipinski definition) is 6. The molecule has 9 heteroatoms. The maximum atomic E-state index is 5.55. The van der Waals surface area contributed by atoms with Gasteiger partial charge >= 0.3 is 0 Å². The van der Waals surface area contributed by atoms with Gasteiger partial charge in [0.05, 0.1) is 21.3 Å². The second-order valence-electron chi connectivity index (χ2n) is 7.13. The van der Waals surface area contributed by atoms with Crippen molar-refractivity contribution in [2.24, 2.45) is 4.99 Å². The van der Waals surface area contributed by atoms with Crippen molar-refractivity contribution in [1.82, 2.24) is 25.4 Å². The van der Waals surface area contributed by atoms with Crippen LogP contribution in [0.2, 0.25) is 0 Å². The monoisotopic (exact) mass is 416 g/mol. The second kappa shape index (κ2) is 10.7. The molecule has 1 saturated heterocycles. The molecule has 0 amide bonds. The average Bonchev–Trinajstić information content (AvgIpc) is 3.33. The zero-order valence-corrected chi connectivity index (χ0v) is 18.3. The molecule has 2 aromatic rings. The molecule has 0 radical (unpaired) electrons. The first-order chi connectivity index (χ1) is 14.7. The number of aromatic nitrogens is 3. The Morgan fingerprint density at radius 3 is 2.40 bits per heavy atom. The number of benzene rings is 1. The van der Waals surface area contributed by atoms with Gasteiger partial charge in [-0.1, -0.05) is 0 Å². The third-order valence-corrected chi connectivity index (χ3v) is 5.39. The van der Waals surface area contributed by atoms with Gasteiger partial charge in [-0.15, -0.1) is 0 Å². The number of ether oxygens (including phenoxy) is 3. The number of nitrogens with zero attached hydrogens (tertiary/aromatic N) is 4. The third-order valence-electron chi connectivity index (χ3n) is 5.39. The lowest BCUT2D eigenvalue weighted by Crippen LogP contribution is -2.45. The van der Waals surface area contributed by atoms with Crippen molar-refractivity contribution >= 4 is 5.96 Å². The highest BCUT2D eigenvalue weighted by atomic mass is 16.5. The summed E-state index contributed by atoms with van der Waals surface area (Å²) >= 11 is 0. The van der Waals surface area contributed by atoms with E-state index in [4.69, 9.17) is 19.2 Å². The van der Waals surface area contributed by atoms with Crippen LogP contribution in [0.25, 0.3) is 0 Å². The number of methoxy groups -OCH3 is 3. The molecule has 0 unspecified atom stereocenters. The van der Waals surface area contributed by atoms with E-state index in [1.165, 1.54) is 0 Å². The van der Waals surface area contributed by atoms with Crippen LogP contribution < -0.4 is 19.5 Å². The molecule has 1 aliphatic rings. The van der Waals surface area contributed by atoms with E-state index < -0.39 is 0 Å². The van der Waals surface area contributed by atoms with E-state index in [1.807, 2.05) is 12.1 Å². The number of aromatic amines is 1. The predicted molar refractivity (Wildman–Crippen MR) is 116 cm³/mol. The Balaban J connectivity index is 1.66. The van der Waals surface area contributed by atoms with Gasteiger partial charge in [0.2, 0.25) is 0 Å². The summed E-state index contributed by atoms with van der Waals surface area (Å²) in [5, 5.41) is 10.4. The summed E-state index contributed by atoms with van der Waals surface area (Å²) in [6.07, 6.45) is 4.34. The molecular formula is C21H32N6O3. The molecule has 0 saturated carbocycles. The minimum absolute atomic E-state index is 0.430. The number of piperidine rings is 1. The van der Waals surface area contributed by atoms with Crippen molar-refractivity contribution in [3.63, 3.8) is 0 Å². The summed E-state index contributed by atoms with van der Waals surface area (Å²) in [5.41, 5.74) is 0.990. The highest BCUT2D eigenvalue weighted by Gasteiger charge is 2.24. The highest BCUT2D eigenvalue weighted by Crippen LogP contribution is 2.34. The number of likely N-dealkylation sites (tertiary alicyclic amines) is 1. The number of guanidine groups is 1. The van der Waals surface area contributed by atoms with Gasteiger partial charge in [0, 0.05) is 49.8 Å². The summed E-state index contributed by atoms with van der Waals surface area (Å²) in [5.74, 6) is 4.56. The molecule has 1 aromatic carbocycles. The summed E-state index contributed by atoms with van der Waals surface area (Å²) in [6, 6.07) is 3.75. The molecule has 0 bridgehead atoms. The van der Waals surface area contributed by atoms with E-state index >= 15 is 0 Å². The van der Waals surface area contributed by atoms with Gasteiger partial charge in [-0.3, -0.25) is 10.1 Å². The highest BCUT2D eigenvalue weighted by molar-refractivity contribution is 5.80. The van der Waals surface area contributed by atoms with Crippen LogP contribution in [0.5, 0.6) is 17.2 Å². The van der Waals surface area contributed by atoms with E-state index in [-0.39, 0.29) is 0 Å². The Kier molecular flexibility index (Phi) is 7.75. The lowest BCUT2D eigenvalue weighted by molar-refractivity contribution is 0.299. The maximum Gasteiger partial charge on any atom is 0.193 e. The zero-order chi connectivity index (χ0) is 21.3. The van der Waals surface area contributed by atoms with Gasteiger partial charge in [-0.2, -0.15) is 5.10 Å². The van der Waals surface area contributed by atoms with Crippen molar-refractivity contribution in [2.45, 2.75) is 32.1 Å². The van der Waals surface area contributed by atoms with Gasteiger partial charge in [-0.05, 0) is 26.2 Å². The number of hydrogen-bond donors (Lipinski definition) is 2. The van der Waals surface area contributed by atoms with Crippen LogP contribution in [0.3, 0.4) is 0 Å². The molecule has 2 N–H and O–H groups in total. The quantitative estimate of drug-likeness (QED) is 0.503. The van der Waals surface area contributed by atoms with Crippen LogP contribution >= 0.6 is 0 Å². The molecule has 0 aliphatic carbocycles. The normalized spacial score (nSPS) is 15.2. The molecule has 30 heavy (non-hydrogen) atoms. The first-order valence-electron chi connectivity index (χ1n) is 10.4. The van der Waals surface area contributed by atoms with E-state index in [0.29, 0.717) is 24.6 Å². The molecule has 1 aliphatic heterocycles. The van der Waals surface area contributed by atoms with Crippen LogP contribution in [-0.4, -0.2) is 73.5 Å². The fraction of sp³-hybridized carbons (Fsp3) is 0.571. The van der Waals surface area contributed by atoms with E-state index in [9.17, 15) is 0 Å². The fourth-order valence-electron chi connectivity index (χ4n) is 3.80. The fourth-order valence-corrected chi connectivity index (χ4v) is 3.80. The van der Waals surface area contributed by atoms with Gasteiger partial charge in [0.1, 0.15) is 29.4 Å². The Labute approximate surface area is 177 Å². The molecule has 1 aromatic heterocycles. The molecular weight excluding hydrogens is 384 g/mol. The van der Waals surface area contributed by atoms with E-state index in [1.54, 1.807) is 27.7 Å². The number of nitrogens with one attached hydrogen (secondary N) is 2. The van der Waals surface area contributed by atoms with Crippen molar-refractivity contribution in [3.05, 3.63) is 29.8 Å². The SMILES string of the molecule is CCNC(=NCCc1c(OC)cc(OC)cc1OC)N1CCC(c2ncn[nH]2)CC1. The Morgan fingerprint density at radius 1 is 1.17 bits per heavy atom. The lowest BCUT2D eigenvalue weighted by atomic mass is 9.96. The van der Waals surface area contributed by atoms with Crippen LogP contribution in [0.4, 0.5) is 0 Å². The third kappa shape index (κ3) is 5.14. The molecule has 0 atom stereocenters. The van der Waals surface area contributed by atoms with Gasteiger partial charge < -0.3 is 24.4 Å². The molecule has 1 fully saturated rings. The van der Waals surface area contributed by atoms with Gasteiger partial charge in [-0.25, -0.2) is 4.98 Å². The van der Waals surface area contributed by atoms with E-state index in [0.717, 1.165) is 61.3 Å². The Morgan fingerprint density at radius 2 is 1.87 bits per heavy atom. The molecule has 3 rings (SSSR count). The van der Waals surface area contributed by atoms with Gasteiger partial charge in [0.25, 0.3) is 0 Å². The minimum atomic E-state index is 0.430. The largest absolute Gasteiger partial charge is 0.496 e. The second-order valence-corrected chi connectivity index (χ2v) is 7.13. The van der Waals surface area contributed by atoms with Crippen molar-refractivity contribution in [2.75, 3.05) is 47.5 Å². The first kappa shape index (κ1) is 21.7. The van der Waals surface area contributed by atoms with Crippen LogP contribution in [-0.2, 0) is 6.42 Å². The van der Waals surface area contributed by atoms with Gasteiger partial charge in [0.15, 0.2) is 5.96 Å². The lowest BCUT2D eigenvalue weighted by Gasteiger charge is -2.33. The zero-order valence-electron chi connectivity index (χ0n) is 18.3. The van der Waals surface area contributed by atoms with Crippen LogP contribution in [0, 0.1) is 0 Å². The smallest absolute Gasteiger partial charge is 0.193 e. The summed E-state index contributed by atoms with van der Waals surface area (Å²) < 4.78 is 16.4. The molecule has 0 spiro atoms. The standard InChI is InChI=1S/C21H32N6O3/c1-5-22-21(27-10-7-15(8-11-27)20-24-14-25-26-20)23-9-6-17-18(29-3)12-16(28-2)13-19(17)30-4/h12-15H,5-11H2,1-4H3,(H,22,23)(H,24,25,26). The van der Waals surface area contributed by atoms with Crippen LogP contribution in [0.15, 0.2) is 23.5 Å². The first-order valence-corrected chi connectivity index (χ1v) is 10.4. The molecule has 164 valence electrons. The van der Waals surface area contributed by atoms with Crippen molar-refractivity contribution in [3.8, 4) is 17.2 Å². The van der Waals surface area contributed by atoms with E-state index in [2.05, 4.69) is 32.3 Å². The topological polar surface area (TPSA) is 96.9 Å². The molecule has 9 nitrogen and oxygen atoms in total. The van der Waals surface area contributed by atoms with Crippen molar-refractivity contribution < 1.29 is 14.2 Å². The summed E-state index contributed by atoms with van der Waals surface area (Å²) in [7, 11) is 4.94. The summed E-state index contributed by atoms with van der Waals surface area (Å²) in [6.45, 7) is 5.42. The van der Waals surface area contributed by atoms with Crippen LogP contribution in [0.1, 0.15) is 37.1 Å². The number of rotatable bonds is 8. The predicted octanol–water partition coefficient (Wildman–Crippen LogP) is 2.22. The minimum Gasteiger partial charge on any atom is -0.496 e. The Bertz CT molecular complexity index is 791. The van der Waals surface area contributed by atoms with Crippen molar-refractivity contribution in [1.29, 1.82) is 0 Å². The maximum absolute atomic E-state index is 5.55. The molecule has 2 heterocycles. The average molecular weight is 417 g/mol. The summed E-state index contributed by atoms with van der Waals surface area (Å²) in [4.78, 5) is 11.5. The number of H-pyrrole nitrogens is 1. The number of aliphatic imine (C=N–C) groups is 1.